The summed E-state index contributed by atoms with van der Waals surface area (Å²) in [5, 5.41) is 0. The van der Waals surface area contributed by atoms with Crippen LogP contribution in [0.15, 0.2) is 114 Å². The molecule has 210 valence electrons. The van der Waals surface area contributed by atoms with E-state index in [4.69, 9.17) is 19.4 Å². The van der Waals surface area contributed by atoms with E-state index in [0.717, 1.165) is 73.9 Å². The van der Waals surface area contributed by atoms with Gasteiger partial charge in [0.05, 0.1) is 11.4 Å². The van der Waals surface area contributed by atoms with E-state index < -0.39 is 0 Å². The summed E-state index contributed by atoms with van der Waals surface area (Å²) in [6.45, 7) is 0. The lowest BCUT2D eigenvalue weighted by molar-refractivity contribution is -0.00929. The van der Waals surface area contributed by atoms with E-state index in [-0.39, 0.29) is 5.41 Å². The zero-order chi connectivity index (χ0) is 28.4. The molecule has 10 rings (SSSR count). The van der Waals surface area contributed by atoms with Crippen LogP contribution in [0.3, 0.4) is 0 Å². The lowest BCUT2D eigenvalue weighted by Crippen LogP contribution is -2.49. The van der Waals surface area contributed by atoms with Gasteiger partial charge in [0.2, 0.25) is 5.89 Å². The van der Waals surface area contributed by atoms with Crippen LogP contribution in [-0.4, -0.2) is 15.0 Å². The second kappa shape index (κ2) is 9.74. The van der Waals surface area contributed by atoms with E-state index in [0.29, 0.717) is 5.89 Å². The molecule has 4 fully saturated rings. The monoisotopic (exact) mass is 559 g/mol. The fraction of sp³-hybridized carbons (Fsp3) is 0.256. The molecule has 4 bridgehead atoms. The Morgan fingerprint density at radius 1 is 0.512 bits per heavy atom. The van der Waals surface area contributed by atoms with E-state index in [2.05, 4.69) is 72.8 Å². The first-order chi connectivity index (χ1) is 21.2. The number of fused-ring (bicyclic) bond motifs is 1. The highest BCUT2D eigenvalue weighted by molar-refractivity contribution is 5.83. The molecule has 4 saturated carbocycles. The molecule has 4 aliphatic carbocycles. The first-order valence-electron chi connectivity index (χ1n) is 15.7. The number of nitrogens with zero attached hydrogens (tertiary/aromatic N) is 3. The van der Waals surface area contributed by atoms with E-state index in [1.165, 1.54) is 38.5 Å². The van der Waals surface area contributed by atoms with Crippen molar-refractivity contribution in [2.24, 2.45) is 17.8 Å². The van der Waals surface area contributed by atoms with Gasteiger partial charge in [0.1, 0.15) is 11.3 Å². The Hall–Kier alpha value is -4.57. The van der Waals surface area contributed by atoms with Gasteiger partial charge in [-0.3, -0.25) is 0 Å². The number of rotatable bonds is 5. The predicted molar refractivity (Wildman–Crippen MR) is 171 cm³/mol. The van der Waals surface area contributed by atoms with Crippen LogP contribution < -0.4 is 0 Å². The highest BCUT2D eigenvalue weighted by Crippen LogP contribution is 2.60. The standard InChI is InChI=1S/C39H33N3O/c1-3-7-29(8-4-1)33-21-34(42-38(41-33)39-22-25-17-26(23-39)19-27(18-25)24-39)30-13-11-28(12-14-30)32-15-16-36-35(20-32)40-37(43-36)31-9-5-2-6-10-31/h1-16,20-21,25-27H,17-19,22-24H2. The largest absolute Gasteiger partial charge is 0.436 e. The summed E-state index contributed by atoms with van der Waals surface area (Å²) in [6.07, 6.45) is 8.02. The Morgan fingerprint density at radius 3 is 1.67 bits per heavy atom. The van der Waals surface area contributed by atoms with Crippen LogP contribution in [0.2, 0.25) is 0 Å². The average molecular weight is 560 g/mol. The summed E-state index contributed by atoms with van der Waals surface area (Å²) < 4.78 is 6.04. The molecule has 4 heteroatoms. The van der Waals surface area contributed by atoms with E-state index in [1.54, 1.807) is 0 Å². The molecule has 4 aliphatic rings. The topological polar surface area (TPSA) is 51.8 Å². The SMILES string of the molecule is c1ccc(-c2cc(-c3ccc(-c4ccc5oc(-c6ccccc6)nc5c4)cc3)nc(C34CC5CC(CC(C5)C3)C4)n2)cc1. The van der Waals surface area contributed by atoms with Crippen molar-refractivity contribution >= 4 is 11.1 Å². The molecule has 0 aliphatic heterocycles. The van der Waals surface area contributed by atoms with Crippen LogP contribution >= 0.6 is 0 Å². The van der Waals surface area contributed by atoms with Gasteiger partial charge in [-0.15, -0.1) is 0 Å². The molecule has 0 saturated heterocycles. The molecule has 0 atom stereocenters. The molecule has 4 nitrogen and oxygen atoms in total. The molecule has 2 heterocycles. The number of oxazole rings is 1. The first kappa shape index (κ1) is 25.0. The van der Waals surface area contributed by atoms with Gasteiger partial charge in [0.15, 0.2) is 5.58 Å². The summed E-state index contributed by atoms with van der Waals surface area (Å²) in [7, 11) is 0. The Kier molecular flexibility index (Phi) is 5.65. The molecule has 4 aromatic carbocycles. The van der Waals surface area contributed by atoms with Gasteiger partial charge in [0.25, 0.3) is 0 Å². The Balaban J connectivity index is 1.08. The van der Waals surface area contributed by atoms with E-state index in [1.807, 2.05) is 36.4 Å². The molecule has 0 spiro atoms. The Labute approximate surface area is 251 Å². The first-order valence-corrected chi connectivity index (χ1v) is 15.7. The van der Waals surface area contributed by atoms with Gasteiger partial charge < -0.3 is 4.42 Å². The maximum absolute atomic E-state index is 6.04. The van der Waals surface area contributed by atoms with E-state index >= 15 is 0 Å². The van der Waals surface area contributed by atoms with Crippen molar-refractivity contribution in [2.45, 2.75) is 43.9 Å². The van der Waals surface area contributed by atoms with Crippen molar-refractivity contribution in [3.05, 3.63) is 115 Å². The second-order valence-corrected chi connectivity index (χ2v) is 13.2. The van der Waals surface area contributed by atoms with Crippen molar-refractivity contribution in [3.63, 3.8) is 0 Å². The zero-order valence-electron chi connectivity index (χ0n) is 24.1. The van der Waals surface area contributed by atoms with Crippen LogP contribution in [0.4, 0.5) is 0 Å². The average Bonchev–Trinajstić information content (AvgIpc) is 3.49. The summed E-state index contributed by atoms with van der Waals surface area (Å²) in [4.78, 5) is 15.4. The van der Waals surface area contributed by atoms with Gasteiger partial charge in [-0.2, -0.15) is 0 Å². The predicted octanol–water partition coefficient (Wildman–Crippen LogP) is 9.75. The smallest absolute Gasteiger partial charge is 0.227 e. The minimum atomic E-state index is 0.139. The van der Waals surface area contributed by atoms with Gasteiger partial charge in [-0.05, 0) is 97.7 Å². The molecule has 0 unspecified atom stereocenters. The minimum Gasteiger partial charge on any atom is -0.436 e. The highest BCUT2D eigenvalue weighted by atomic mass is 16.3. The maximum Gasteiger partial charge on any atom is 0.227 e. The van der Waals surface area contributed by atoms with Crippen molar-refractivity contribution in [2.75, 3.05) is 0 Å². The van der Waals surface area contributed by atoms with Crippen molar-refractivity contribution in [1.82, 2.24) is 15.0 Å². The van der Waals surface area contributed by atoms with Gasteiger partial charge in [-0.25, -0.2) is 15.0 Å². The minimum absolute atomic E-state index is 0.139. The van der Waals surface area contributed by atoms with E-state index in [9.17, 15) is 0 Å². The third-order valence-corrected chi connectivity index (χ3v) is 10.2. The van der Waals surface area contributed by atoms with Crippen LogP contribution in [0.1, 0.15) is 44.3 Å². The molecule has 6 aromatic rings. The van der Waals surface area contributed by atoms with Crippen molar-refractivity contribution in [3.8, 4) is 45.1 Å². The molecule has 43 heavy (non-hydrogen) atoms. The summed E-state index contributed by atoms with van der Waals surface area (Å²) in [5.74, 6) is 4.28. The Morgan fingerprint density at radius 2 is 1.05 bits per heavy atom. The second-order valence-electron chi connectivity index (χ2n) is 13.2. The molecular formula is C39H33N3O. The van der Waals surface area contributed by atoms with Gasteiger partial charge in [-0.1, -0.05) is 78.9 Å². The lowest BCUT2D eigenvalue weighted by Gasteiger charge is -2.56. The van der Waals surface area contributed by atoms with Crippen LogP contribution in [0.5, 0.6) is 0 Å². The van der Waals surface area contributed by atoms with Crippen LogP contribution in [0.25, 0.3) is 56.2 Å². The van der Waals surface area contributed by atoms with Crippen LogP contribution in [0, 0.1) is 17.8 Å². The molecule has 0 amide bonds. The number of hydrogen-bond acceptors (Lipinski definition) is 4. The van der Waals surface area contributed by atoms with Crippen LogP contribution in [-0.2, 0) is 5.41 Å². The highest BCUT2D eigenvalue weighted by Gasteiger charge is 2.53. The fourth-order valence-electron chi connectivity index (χ4n) is 8.62. The third-order valence-electron chi connectivity index (χ3n) is 10.2. The number of aromatic nitrogens is 3. The lowest BCUT2D eigenvalue weighted by atomic mass is 9.49. The summed E-state index contributed by atoms with van der Waals surface area (Å²) >= 11 is 0. The molecule has 0 radical (unpaired) electrons. The fourth-order valence-corrected chi connectivity index (χ4v) is 8.62. The maximum atomic E-state index is 6.04. The normalized spacial score (nSPS) is 24.0. The quantitative estimate of drug-likeness (QED) is 0.211. The molecule has 2 aromatic heterocycles. The van der Waals surface area contributed by atoms with Gasteiger partial charge >= 0.3 is 0 Å². The number of hydrogen-bond donors (Lipinski definition) is 0. The Bertz CT molecular complexity index is 1910. The number of benzene rings is 4. The molecule has 0 N–H and O–H groups in total. The molecular weight excluding hydrogens is 526 g/mol. The summed E-state index contributed by atoms with van der Waals surface area (Å²) in [5.41, 5.74) is 9.39. The van der Waals surface area contributed by atoms with Crippen molar-refractivity contribution < 1.29 is 4.42 Å². The zero-order valence-corrected chi connectivity index (χ0v) is 24.1. The van der Waals surface area contributed by atoms with Gasteiger partial charge in [0, 0.05) is 22.1 Å². The van der Waals surface area contributed by atoms with Crippen molar-refractivity contribution in [1.29, 1.82) is 0 Å². The third kappa shape index (κ3) is 4.39. The summed E-state index contributed by atoms with van der Waals surface area (Å²) in [6, 6.07) is 37.9.